The molecule has 3 N–H and O–H groups in total. The number of aromatic nitrogens is 2. The lowest BCUT2D eigenvalue weighted by Crippen LogP contribution is -2.61. The second kappa shape index (κ2) is 6.24. The number of hydrogen-bond acceptors (Lipinski definition) is 4. The predicted molar refractivity (Wildman–Crippen MR) is 82.3 cm³/mol. The Hall–Kier alpha value is -0.910. The zero-order chi connectivity index (χ0) is 14.8. The molecule has 2 rings (SSSR count). The van der Waals surface area contributed by atoms with Crippen molar-refractivity contribution in [2.45, 2.75) is 58.0 Å². The van der Waals surface area contributed by atoms with Gasteiger partial charge >= 0.3 is 0 Å². The average Bonchev–Trinajstić information content (AvgIpc) is 3.05. The largest absolute Gasteiger partial charge is 0.296 e. The Labute approximate surface area is 122 Å². The maximum absolute atomic E-state index is 5.90. The van der Waals surface area contributed by atoms with Gasteiger partial charge in [0.15, 0.2) is 0 Å². The molecule has 0 bridgehead atoms. The Kier molecular flexibility index (Phi) is 4.83. The van der Waals surface area contributed by atoms with Crippen molar-refractivity contribution in [1.29, 1.82) is 0 Å². The predicted octanol–water partition coefficient (Wildman–Crippen LogP) is 1.37. The van der Waals surface area contributed by atoms with Gasteiger partial charge in [-0.1, -0.05) is 6.92 Å². The van der Waals surface area contributed by atoms with Crippen LogP contribution in [-0.2, 0) is 13.5 Å². The van der Waals surface area contributed by atoms with Crippen LogP contribution >= 0.6 is 0 Å². The molecule has 5 nitrogen and oxygen atoms in total. The van der Waals surface area contributed by atoms with Crippen LogP contribution in [0.4, 0.5) is 0 Å². The molecule has 1 aromatic heterocycles. The summed E-state index contributed by atoms with van der Waals surface area (Å²) in [6.07, 6.45) is 4.61. The lowest BCUT2D eigenvalue weighted by molar-refractivity contribution is 0.0833. The lowest BCUT2D eigenvalue weighted by Gasteiger charge is -2.44. The quantitative estimate of drug-likeness (QED) is 0.610. The molecule has 2 atom stereocenters. The first kappa shape index (κ1) is 15.5. The number of aryl methyl sites for hydroxylation is 2. The van der Waals surface area contributed by atoms with Crippen LogP contribution < -0.4 is 11.3 Å². The van der Waals surface area contributed by atoms with E-state index < -0.39 is 0 Å². The minimum absolute atomic E-state index is 0.101. The van der Waals surface area contributed by atoms with Gasteiger partial charge in [0, 0.05) is 30.7 Å². The Morgan fingerprint density at radius 2 is 2.10 bits per heavy atom. The molecule has 0 amide bonds. The van der Waals surface area contributed by atoms with E-state index in [0.717, 1.165) is 18.5 Å². The molecule has 1 aliphatic heterocycles. The summed E-state index contributed by atoms with van der Waals surface area (Å²) in [6.45, 7) is 9.01. The maximum Gasteiger partial charge on any atom is 0.0596 e. The van der Waals surface area contributed by atoms with E-state index in [2.05, 4.69) is 35.3 Å². The summed E-state index contributed by atoms with van der Waals surface area (Å²) in [5, 5.41) is 4.44. The van der Waals surface area contributed by atoms with Gasteiger partial charge in [0.2, 0.25) is 0 Å². The molecule has 20 heavy (non-hydrogen) atoms. The molecule has 0 saturated carbocycles. The Morgan fingerprint density at radius 1 is 1.45 bits per heavy atom. The zero-order valence-corrected chi connectivity index (χ0v) is 13.3. The first-order valence-corrected chi connectivity index (χ1v) is 7.72. The van der Waals surface area contributed by atoms with Gasteiger partial charge in [-0.3, -0.25) is 20.9 Å². The summed E-state index contributed by atoms with van der Waals surface area (Å²) in [5.74, 6) is 5.90. The van der Waals surface area contributed by atoms with Crippen LogP contribution in [0.15, 0.2) is 6.07 Å². The standard InChI is InChI=1S/C15H29N5/c1-5-15(3,20-8-6-7-9-20)14(17-16)11-13-10-12(2)18-19(13)4/h10,14,17H,5-9,11,16H2,1-4H3. The third-order valence-electron chi connectivity index (χ3n) is 5.01. The minimum Gasteiger partial charge on any atom is -0.296 e. The summed E-state index contributed by atoms with van der Waals surface area (Å²) in [7, 11) is 2.01. The molecule has 0 aromatic carbocycles. The van der Waals surface area contributed by atoms with Crippen LogP contribution in [0.5, 0.6) is 0 Å². The summed E-state index contributed by atoms with van der Waals surface area (Å²) in [5.41, 5.74) is 5.48. The van der Waals surface area contributed by atoms with Gasteiger partial charge in [0.05, 0.1) is 5.69 Å². The van der Waals surface area contributed by atoms with E-state index in [1.54, 1.807) is 0 Å². The van der Waals surface area contributed by atoms with Crippen molar-refractivity contribution in [2.24, 2.45) is 12.9 Å². The molecule has 1 aliphatic rings. The molecule has 114 valence electrons. The fourth-order valence-electron chi connectivity index (χ4n) is 3.44. The van der Waals surface area contributed by atoms with Crippen molar-refractivity contribution >= 4 is 0 Å². The fourth-order valence-corrected chi connectivity index (χ4v) is 3.44. The summed E-state index contributed by atoms with van der Waals surface area (Å²) in [6, 6.07) is 2.39. The third-order valence-corrected chi connectivity index (χ3v) is 5.01. The highest BCUT2D eigenvalue weighted by Gasteiger charge is 2.39. The van der Waals surface area contributed by atoms with Crippen LogP contribution in [0.25, 0.3) is 0 Å². The molecule has 0 aliphatic carbocycles. The topological polar surface area (TPSA) is 59.1 Å². The number of hydrazine groups is 1. The minimum atomic E-state index is 0.101. The van der Waals surface area contributed by atoms with Gasteiger partial charge in [-0.25, -0.2) is 0 Å². The highest BCUT2D eigenvalue weighted by Crippen LogP contribution is 2.29. The van der Waals surface area contributed by atoms with Gasteiger partial charge < -0.3 is 0 Å². The number of hydrogen-bond donors (Lipinski definition) is 2. The van der Waals surface area contributed by atoms with E-state index in [-0.39, 0.29) is 11.6 Å². The monoisotopic (exact) mass is 279 g/mol. The van der Waals surface area contributed by atoms with E-state index in [0.29, 0.717) is 0 Å². The number of nitrogens with two attached hydrogens (primary N) is 1. The van der Waals surface area contributed by atoms with Crippen molar-refractivity contribution in [1.82, 2.24) is 20.1 Å². The molecule has 1 aromatic rings. The van der Waals surface area contributed by atoms with E-state index in [1.165, 1.54) is 31.6 Å². The molecular weight excluding hydrogens is 250 g/mol. The smallest absolute Gasteiger partial charge is 0.0596 e. The van der Waals surface area contributed by atoms with Gasteiger partial charge in [-0.15, -0.1) is 0 Å². The first-order valence-electron chi connectivity index (χ1n) is 7.72. The Bertz CT molecular complexity index is 435. The van der Waals surface area contributed by atoms with Crippen LogP contribution in [0.2, 0.25) is 0 Å². The Morgan fingerprint density at radius 3 is 2.55 bits per heavy atom. The molecular formula is C15H29N5. The van der Waals surface area contributed by atoms with E-state index in [4.69, 9.17) is 5.84 Å². The average molecular weight is 279 g/mol. The molecule has 2 unspecified atom stereocenters. The van der Waals surface area contributed by atoms with E-state index >= 15 is 0 Å². The van der Waals surface area contributed by atoms with Gasteiger partial charge in [0.25, 0.3) is 0 Å². The molecule has 0 radical (unpaired) electrons. The van der Waals surface area contributed by atoms with E-state index in [1.807, 2.05) is 18.7 Å². The van der Waals surface area contributed by atoms with Gasteiger partial charge in [-0.05, 0) is 52.3 Å². The van der Waals surface area contributed by atoms with Crippen molar-refractivity contribution < 1.29 is 0 Å². The second-order valence-electron chi connectivity index (χ2n) is 6.23. The molecule has 1 saturated heterocycles. The van der Waals surface area contributed by atoms with Crippen LogP contribution in [-0.4, -0.2) is 39.4 Å². The molecule has 1 fully saturated rings. The van der Waals surface area contributed by atoms with Gasteiger partial charge in [-0.2, -0.15) is 5.10 Å². The van der Waals surface area contributed by atoms with Gasteiger partial charge in [0.1, 0.15) is 0 Å². The fraction of sp³-hybridized carbons (Fsp3) is 0.800. The Balaban J connectivity index is 2.18. The van der Waals surface area contributed by atoms with Crippen LogP contribution in [0.1, 0.15) is 44.5 Å². The molecule has 5 heteroatoms. The lowest BCUT2D eigenvalue weighted by atomic mass is 9.85. The third kappa shape index (κ3) is 2.90. The van der Waals surface area contributed by atoms with Crippen LogP contribution in [0.3, 0.4) is 0 Å². The number of likely N-dealkylation sites (tertiary alicyclic amines) is 1. The highest BCUT2D eigenvalue weighted by atomic mass is 15.3. The number of nitrogens with one attached hydrogen (secondary N) is 1. The van der Waals surface area contributed by atoms with Crippen molar-refractivity contribution in [3.8, 4) is 0 Å². The summed E-state index contributed by atoms with van der Waals surface area (Å²) in [4.78, 5) is 2.60. The molecule has 0 spiro atoms. The first-order chi connectivity index (χ1) is 9.51. The van der Waals surface area contributed by atoms with Crippen LogP contribution in [0, 0.1) is 6.92 Å². The molecule has 2 heterocycles. The van der Waals surface area contributed by atoms with E-state index in [9.17, 15) is 0 Å². The number of nitrogens with zero attached hydrogens (tertiary/aromatic N) is 3. The summed E-state index contributed by atoms with van der Waals surface area (Å²) < 4.78 is 1.97. The summed E-state index contributed by atoms with van der Waals surface area (Å²) >= 11 is 0. The maximum atomic E-state index is 5.90. The SMILES string of the molecule is CCC(C)(C(Cc1cc(C)nn1C)NN)N1CCCC1. The normalized spacial score (nSPS) is 21.1. The zero-order valence-electron chi connectivity index (χ0n) is 13.3. The highest BCUT2D eigenvalue weighted by molar-refractivity contribution is 5.12. The van der Waals surface area contributed by atoms with Crippen molar-refractivity contribution in [3.05, 3.63) is 17.5 Å². The second-order valence-corrected chi connectivity index (χ2v) is 6.23. The number of rotatable bonds is 6. The van der Waals surface area contributed by atoms with Crippen molar-refractivity contribution in [3.63, 3.8) is 0 Å². The van der Waals surface area contributed by atoms with Crippen molar-refractivity contribution in [2.75, 3.05) is 13.1 Å².